The van der Waals surface area contributed by atoms with Crippen LogP contribution in [0.2, 0.25) is 0 Å². The van der Waals surface area contributed by atoms with Crippen LogP contribution in [0, 0.1) is 5.21 Å². The second kappa shape index (κ2) is 4.48. The standard InChI is InChI=1S/C16H17N3O2/c1-16(2,3)11-7-6-10-14(15(11)20)18-17-12-8-4-5-9-13(12)19(18)21/h4-10,20H,1-3H3. The zero-order valence-corrected chi connectivity index (χ0v) is 12.2. The number of hydrogen-bond donors (Lipinski definition) is 1. The maximum absolute atomic E-state index is 12.3. The molecule has 0 atom stereocenters. The highest BCUT2D eigenvalue weighted by Crippen LogP contribution is 2.34. The molecule has 0 saturated carbocycles. The number of nitrogens with zero attached hydrogens (tertiary/aromatic N) is 3. The first-order valence-electron chi connectivity index (χ1n) is 6.80. The Morgan fingerprint density at radius 2 is 1.81 bits per heavy atom. The van der Waals surface area contributed by atoms with Crippen LogP contribution in [0.3, 0.4) is 0 Å². The molecule has 108 valence electrons. The third kappa shape index (κ3) is 2.11. The van der Waals surface area contributed by atoms with Crippen LogP contribution in [0.1, 0.15) is 26.3 Å². The van der Waals surface area contributed by atoms with Crippen molar-refractivity contribution in [1.29, 1.82) is 0 Å². The highest BCUT2D eigenvalue weighted by molar-refractivity contribution is 5.70. The number of benzene rings is 2. The van der Waals surface area contributed by atoms with Gasteiger partial charge in [-0.05, 0) is 28.4 Å². The van der Waals surface area contributed by atoms with Gasteiger partial charge >= 0.3 is 0 Å². The van der Waals surface area contributed by atoms with Crippen LogP contribution in [0.25, 0.3) is 16.7 Å². The van der Waals surface area contributed by atoms with Crippen LogP contribution in [-0.4, -0.2) is 15.0 Å². The Hall–Kier alpha value is -2.56. The van der Waals surface area contributed by atoms with Gasteiger partial charge in [0.15, 0.2) is 11.4 Å². The van der Waals surface area contributed by atoms with Crippen molar-refractivity contribution >= 4 is 11.0 Å². The fraction of sp³-hybridized carbons (Fsp3) is 0.250. The number of para-hydroxylation sites is 2. The minimum absolute atomic E-state index is 0.0856. The third-order valence-corrected chi connectivity index (χ3v) is 3.50. The van der Waals surface area contributed by atoms with E-state index in [0.717, 1.165) is 5.56 Å². The molecule has 0 fully saturated rings. The molecule has 1 aromatic heterocycles. The van der Waals surface area contributed by atoms with Gasteiger partial charge < -0.3 is 10.3 Å². The molecule has 5 nitrogen and oxygen atoms in total. The summed E-state index contributed by atoms with van der Waals surface area (Å²) in [5.41, 5.74) is 2.00. The molecular weight excluding hydrogens is 266 g/mol. The summed E-state index contributed by atoms with van der Waals surface area (Å²) in [5.74, 6) is 0.0856. The Balaban J connectivity index is 2.26. The second-order valence-electron chi connectivity index (χ2n) is 6.07. The Bertz CT molecular complexity index is 816. The van der Waals surface area contributed by atoms with Gasteiger partial charge in [0.05, 0.1) is 5.10 Å². The zero-order valence-electron chi connectivity index (χ0n) is 12.2. The fourth-order valence-corrected chi connectivity index (χ4v) is 2.40. The summed E-state index contributed by atoms with van der Waals surface area (Å²) in [7, 11) is 0. The van der Waals surface area contributed by atoms with Gasteiger partial charge in [0.25, 0.3) is 0 Å². The van der Waals surface area contributed by atoms with E-state index in [0.29, 0.717) is 21.6 Å². The molecule has 0 bridgehead atoms. The van der Waals surface area contributed by atoms with E-state index in [1.807, 2.05) is 39.0 Å². The Labute approximate surface area is 122 Å². The van der Waals surface area contributed by atoms with Crippen molar-refractivity contribution in [2.45, 2.75) is 26.2 Å². The second-order valence-corrected chi connectivity index (χ2v) is 6.07. The van der Waals surface area contributed by atoms with Gasteiger partial charge in [0.1, 0.15) is 0 Å². The highest BCUT2D eigenvalue weighted by Gasteiger charge is 2.24. The SMILES string of the molecule is CC(C)(C)c1cccc(-n2nc3ccccc3[n+]2[O-])c1O. The van der Waals surface area contributed by atoms with Gasteiger partial charge in [-0.3, -0.25) is 0 Å². The average molecular weight is 283 g/mol. The number of fused-ring (bicyclic) bond motifs is 1. The Kier molecular flexibility index (Phi) is 2.86. The largest absolute Gasteiger partial charge is 0.692 e. The van der Waals surface area contributed by atoms with E-state index in [-0.39, 0.29) is 11.2 Å². The molecule has 1 N–H and O–H groups in total. The lowest BCUT2D eigenvalue weighted by atomic mass is 9.86. The van der Waals surface area contributed by atoms with Crippen LogP contribution in [0.5, 0.6) is 5.75 Å². The monoisotopic (exact) mass is 283 g/mol. The number of rotatable bonds is 1. The normalized spacial score (nSPS) is 12.0. The maximum Gasteiger partial charge on any atom is 0.250 e. The van der Waals surface area contributed by atoms with Crippen molar-refractivity contribution in [1.82, 2.24) is 9.90 Å². The Morgan fingerprint density at radius 1 is 1.10 bits per heavy atom. The molecule has 0 aliphatic carbocycles. The van der Waals surface area contributed by atoms with E-state index in [1.165, 1.54) is 4.80 Å². The number of phenolic OH excluding ortho intramolecular Hbond substituents is 1. The molecule has 3 rings (SSSR count). The molecule has 3 aromatic rings. The third-order valence-electron chi connectivity index (χ3n) is 3.50. The highest BCUT2D eigenvalue weighted by atomic mass is 16.5. The number of hydrogen-bond acceptors (Lipinski definition) is 3. The van der Waals surface area contributed by atoms with Crippen molar-refractivity contribution in [3.8, 4) is 11.4 Å². The topological polar surface area (TPSA) is 65.0 Å². The molecule has 0 aliphatic rings. The number of aromatic hydroxyl groups is 1. The van der Waals surface area contributed by atoms with Crippen molar-refractivity contribution < 1.29 is 9.95 Å². The molecule has 1 heterocycles. The molecule has 21 heavy (non-hydrogen) atoms. The molecule has 0 amide bonds. The van der Waals surface area contributed by atoms with Gasteiger partial charge in [0, 0.05) is 5.56 Å². The lowest BCUT2D eigenvalue weighted by Crippen LogP contribution is -2.37. The van der Waals surface area contributed by atoms with E-state index in [2.05, 4.69) is 5.10 Å². The summed E-state index contributed by atoms with van der Waals surface area (Å²) < 4.78 is 0. The molecule has 5 heteroatoms. The predicted octanol–water partition coefficient (Wildman–Crippen LogP) is 2.66. The smallest absolute Gasteiger partial charge is 0.250 e. The summed E-state index contributed by atoms with van der Waals surface area (Å²) in [6, 6.07) is 12.4. The summed E-state index contributed by atoms with van der Waals surface area (Å²) in [4.78, 5) is 1.88. The van der Waals surface area contributed by atoms with Crippen LogP contribution in [0.15, 0.2) is 42.5 Å². The summed E-state index contributed by atoms with van der Waals surface area (Å²) in [6.45, 7) is 6.03. The van der Waals surface area contributed by atoms with E-state index < -0.39 is 0 Å². The molecule has 0 unspecified atom stereocenters. The van der Waals surface area contributed by atoms with Crippen LogP contribution in [-0.2, 0) is 5.41 Å². The first-order chi connectivity index (χ1) is 9.89. The van der Waals surface area contributed by atoms with E-state index in [9.17, 15) is 10.3 Å². The average Bonchev–Trinajstić information content (AvgIpc) is 2.76. The first kappa shape index (κ1) is 13.4. The van der Waals surface area contributed by atoms with Gasteiger partial charge in [-0.25, -0.2) is 0 Å². The van der Waals surface area contributed by atoms with E-state index >= 15 is 0 Å². The first-order valence-corrected chi connectivity index (χ1v) is 6.80. The maximum atomic E-state index is 12.3. The van der Waals surface area contributed by atoms with Crippen LogP contribution in [0.4, 0.5) is 0 Å². The van der Waals surface area contributed by atoms with Gasteiger partial charge in [0.2, 0.25) is 11.0 Å². The molecular formula is C16H17N3O2. The van der Waals surface area contributed by atoms with Crippen molar-refractivity contribution in [3.05, 3.63) is 53.2 Å². The molecule has 0 radical (unpaired) electrons. The lowest BCUT2D eigenvalue weighted by molar-refractivity contribution is -0.664. The van der Waals surface area contributed by atoms with Gasteiger partial charge in [-0.2, -0.15) is 0 Å². The van der Waals surface area contributed by atoms with E-state index in [4.69, 9.17) is 0 Å². The Morgan fingerprint density at radius 3 is 2.48 bits per heavy atom. The fourth-order valence-electron chi connectivity index (χ4n) is 2.40. The minimum Gasteiger partial charge on any atom is -0.692 e. The predicted molar refractivity (Wildman–Crippen MR) is 80.4 cm³/mol. The van der Waals surface area contributed by atoms with Crippen LogP contribution < -0.4 is 4.85 Å². The van der Waals surface area contributed by atoms with Gasteiger partial charge in [-0.1, -0.05) is 45.0 Å². The lowest BCUT2D eigenvalue weighted by Gasteiger charge is -2.21. The van der Waals surface area contributed by atoms with Crippen molar-refractivity contribution in [3.63, 3.8) is 0 Å². The summed E-state index contributed by atoms with van der Waals surface area (Å²) in [6.07, 6.45) is 0. The summed E-state index contributed by atoms with van der Waals surface area (Å²) >= 11 is 0. The van der Waals surface area contributed by atoms with Crippen molar-refractivity contribution in [2.75, 3.05) is 0 Å². The quantitative estimate of drug-likeness (QED) is 0.551. The molecule has 0 saturated heterocycles. The zero-order chi connectivity index (χ0) is 15.2. The minimum atomic E-state index is -0.222. The number of phenols is 1. The van der Waals surface area contributed by atoms with Crippen molar-refractivity contribution in [2.24, 2.45) is 0 Å². The van der Waals surface area contributed by atoms with Crippen LogP contribution >= 0.6 is 0 Å². The van der Waals surface area contributed by atoms with E-state index in [1.54, 1.807) is 24.3 Å². The number of aromatic nitrogens is 3. The molecule has 2 aromatic carbocycles. The van der Waals surface area contributed by atoms with Gasteiger partial charge in [-0.15, -0.1) is 4.85 Å². The molecule has 0 spiro atoms. The summed E-state index contributed by atoms with van der Waals surface area (Å²) in [5, 5.41) is 27.1. The molecule has 0 aliphatic heterocycles.